The Morgan fingerprint density at radius 3 is 2.78 bits per heavy atom. The molecular formula is C23H26N4O4S. The average molecular weight is 455 g/mol. The number of rotatable bonds is 5. The van der Waals surface area contributed by atoms with E-state index < -0.39 is 9.84 Å². The van der Waals surface area contributed by atoms with Crippen LogP contribution >= 0.6 is 0 Å². The van der Waals surface area contributed by atoms with Crippen molar-refractivity contribution in [1.29, 1.82) is 0 Å². The van der Waals surface area contributed by atoms with Crippen molar-refractivity contribution in [3.63, 3.8) is 0 Å². The van der Waals surface area contributed by atoms with Gasteiger partial charge in [0, 0.05) is 36.8 Å². The maximum Gasteiger partial charge on any atom is 0.180 e. The van der Waals surface area contributed by atoms with Crippen LogP contribution in [0.25, 0.3) is 10.9 Å². The Balaban J connectivity index is 1.53. The van der Waals surface area contributed by atoms with Crippen molar-refractivity contribution >= 4 is 32.2 Å². The molecule has 1 fully saturated rings. The molecule has 0 aliphatic carbocycles. The highest BCUT2D eigenvalue weighted by Gasteiger charge is 2.34. The number of hydrogen-bond acceptors (Lipinski definition) is 8. The highest BCUT2D eigenvalue weighted by molar-refractivity contribution is 7.91. The first kappa shape index (κ1) is 21.0. The minimum Gasteiger partial charge on any atom is -0.497 e. The summed E-state index contributed by atoms with van der Waals surface area (Å²) in [7, 11) is -1.82. The number of nitrogens with two attached hydrogens (primary N) is 1. The van der Waals surface area contributed by atoms with E-state index in [1.807, 2.05) is 35.2 Å². The predicted molar refractivity (Wildman–Crippen MR) is 124 cm³/mol. The van der Waals surface area contributed by atoms with E-state index in [1.165, 1.54) is 0 Å². The second kappa shape index (κ2) is 7.91. The Morgan fingerprint density at radius 2 is 2.03 bits per heavy atom. The number of aromatic nitrogens is 1. The van der Waals surface area contributed by atoms with Crippen molar-refractivity contribution < 1.29 is 17.9 Å². The van der Waals surface area contributed by atoms with Crippen LogP contribution in [0.2, 0.25) is 0 Å². The number of pyridine rings is 1. The average Bonchev–Trinajstić information content (AvgIpc) is 2.91. The SMILES string of the molecule is COc1ccc2c(c1)CN(c1cc(NCC3(N)COC3)c3ccccc3n1)CCS2(=O)=O. The molecule has 3 N–H and O–H groups in total. The monoisotopic (exact) mass is 454 g/mol. The highest BCUT2D eigenvalue weighted by Crippen LogP contribution is 2.32. The molecule has 8 nitrogen and oxygen atoms in total. The number of hydrogen-bond donors (Lipinski definition) is 2. The molecule has 3 aromatic rings. The predicted octanol–water partition coefficient (Wildman–Crippen LogP) is 2.18. The molecular weight excluding hydrogens is 428 g/mol. The van der Waals surface area contributed by atoms with E-state index in [1.54, 1.807) is 25.3 Å². The quantitative estimate of drug-likeness (QED) is 0.604. The summed E-state index contributed by atoms with van der Waals surface area (Å²) in [6, 6.07) is 15.0. The number of fused-ring (bicyclic) bond motifs is 2. The van der Waals surface area contributed by atoms with Gasteiger partial charge in [-0.2, -0.15) is 0 Å². The van der Waals surface area contributed by atoms with E-state index >= 15 is 0 Å². The van der Waals surface area contributed by atoms with E-state index in [0.29, 0.717) is 54.9 Å². The third-order valence-corrected chi connectivity index (χ3v) is 7.82. The van der Waals surface area contributed by atoms with Gasteiger partial charge < -0.3 is 25.4 Å². The Labute approximate surface area is 187 Å². The number of nitrogens with zero attached hydrogens (tertiary/aromatic N) is 2. The Hall–Kier alpha value is -2.88. The van der Waals surface area contributed by atoms with Crippen molar-refractivity contribution in [2.24, 2.45) is 5.73 Å². The number of anilines is 2. The number of sulfone groups is 1. The van der Waals surface area contributed by atoms with Crippen LogP contribution in [-0.4, -0.2) is 58.1 Å². The van der Waals surface area contributed by atoms with Crippen LogP contribution < -0.4 is 20.7 Å². The molecule has 1 aromatic heterocycles. The molecule has 0 atom stereocenters. The number of benzene rings is 2. The fraction of sp³-hybridized carbons (Fsp3) is 0.348. The summed E-state index contributed by atoms with van der Waals surface area (Å²) in [6.45, 7) is 2.40. The first-order valence-corrected chi connectivity index (χ1v) is 12.2. The topological polar surface area (TPSA) is 107 Å². The Bertz CT molecular complexity index is 1270. The summed E-state index contributed by atoms with van der Waals surface area (Å²) in [6.07, 6.45) is 0. The van der Waals surface area contributed by atoms with Crippen molar-refractivity contribution in [2.75, 3.05) is 49.4 Å². The molecule has 0 radical (unpaired) electrons. The summed E-state index contributed by atoms with van der Waals surface area (Å²) < 4.78 is 36.3. The lowest BCUT2D eigenvalue weighted by Gasteiger charge is -2.38. The van der Waals surface area contributed by atoms with Gasteiger partial charge in [-0.15, -0.1) is 0 Å². The summed E-state index contributed by atoms with van der Waals surface area (Å²) in [5.74, 6) is 1.37. The van der Waals surface area contributed by atoms with Gasteiger partial charge >= 0.3 is 0 Å². The molecule has 0 saturated carbocycles. The first-order valence-electron chi connectivity index (χ1n) is 10.5. The van der Waals surface area contributed by atoms with E-state index in [2.05, 4.69) is 5.32 Å². The highest BCUT2D eigenvalue weighted by atomic mass is 32.2. The summed E-state index contributed by atoms with van der Waals surface area (Å²) in [5.41, 5.74) is 8.40. The van der Waals surface area contributed by atoms with Crippen LogP contribution in [0.15, 0.2) is 53.4 Å². The molecule has 0 bridgehead atoms. The molecule has 2 aromatic carbocycles. The second-order valence-electron chi connectivity index (χ2n) is 8.47. The zero-order chi connectivity index (χ0) is 22.3. The smallest absolute Gasteiger partial charge is 0.180 e. The molecule has 5 rings (SSSR count). The van der Waals surface area contributed by atoms with Crippen molar-refractivity contribution in [3.8, 4) is 5.75 Å². The maximum absolute atomic E-state index is 12.9. The van der Waals surface area contributed by atoms with Crippen LogP contribution in [0.1, 0.15) is 5.56 Å². The molecule has 0 unspecified atom stereocenters. The van der Waals surface area contributed by atoms with Crippen LogP contribution in [0.3, 0.4) is 0 Å². The van der Waals surface area contributed by atoms with Crippen molar-refractivity contribution in [1.82, 2.24) is 4.98 Å². The van der Waals surface area contributed by atoms with Gasteiger partial charge in [0.1, 0.15) is 11.6 Å². The molecule has 32 heavy (non-hydrogen) atoms. The van der Waals surface area contributed by atoms with E-state index in [9.17, 15) is 8.42 Å². The minimum absolute atomic E-state index is 0.0207. The van der Waals surface area contributed by atoms with Gasteiger partial charge in [0.15, 0.2) is 9.84 Å². The molecule has 0 amide bonds. The van der Waals surface area contributed by atoms with Crippen LogP contribution in [0.5, 0.6) is 5.75 Å². The van der Waals surface area contributed by atoms with Crippen molar-refractivity contribution in [2.45, 2.75) is 17.0 Å². The van der Waals surface area contributed by atoms with Gasteiger partial charge in [-0.3, -0.25) is 0 Å². The molecule has 1 saturated heterocycles. The zero-order valence-electron chi connectivity index (χ0n) is 17.9. The molecule has 168 valence electrons. The summed E-state index contributed by atoms with van der Waals surface area (Å²) in [4.78, 5) is 7.21. The van der Waals surface area contributed by atoms with Gasteiger partial charge in [-0.05, 0) is 29.8 Å². The maximum atomic E-state index is 12.9. The lowest BCUT2D eigenvalue weighted by atomic mass is 9.99. The third kappa shape index (κ3) is 3.87. The normalized spacial score (nSPS) is 19.0. The zero-order valence-corrected chi connectivity index (χ0v) is 18.7. The molecule has 3 heterocycles. The van der Waals surface area contributed by atoms with Gasteiger partial charge in [0.2, 0.25) is 0 Å². The number of nitrogens with one attached hydrogen (secondary N) is 1. The minimum atomic E-state index is -3.39. The largest absolute Gasteiger partial charge is 0.497 e. The number of para-hydroxylation sites is 1. The fourth-order valence-corrected chi connectivity index (χ4v) is 5.62. The number of methoxy groups -OCH3 is 1. The third-order valence-electron chi connectivity index (χ3n) is 6.03. The van der Waals surface area contributed by atoms with Gasteiger partial charge in [0.25, 0.3) is 0 Å². The van der Waals surface area contributed by atoms with Crippen LogP contribution in [0.4, 0.5) is 11.5 Å². The summed E-state index contributed by atoms with van der Waals surface area (Å²) in [5, 5.41) is 4.46. The first-order chi connectivity index (χ1) is 15.4. The second-order valence-corrected chi connectivity index (χ2v) is 10.5. The van der Waals surface area contributed by atoms with Crippen LogP contribution in [-0.2, 0) is 21.1 Å². The lowest BCUT2D eigenvalue weighted by Crippen LogP contribution is -2.61. The van der Waals surface area contributed by atoms with Crippen molar-refractivity contribution in [3.05, 3.63) is 54.1 Å². The number of ether oxygens (including phenoxy) is 2. The Morgan fingerprint density at radius 1 is 1.22 bits per heavy atom. The van der Waals surface area contributed by atoms with Crippen LogP contribution in [0, 0.1) is 0 Å². The fourth-order valence-electron chi connectivity index (χ4n) is 4.14. The standard InChI is InChI=1S/C23H26N4O4S/c1-30-17-6-7-21-16(10-17)12-27(8-9-32(21,28)29)22-11-20(25-13-23(24)14-31-15-23)18-4-2-3-5-19(18)26-22/h2-7,10-11H,8-9,12-15,24H2,1H3,(H,25,26). The van der Waals surface area contributed by atoms with Gasteiger partial charge in [0.05, 0.1) is 42.0 Å². The van der Waals surface area contributed by atoms with Gasteiger partial charge in [-0.1, -0.05) is 18.2 Å². The van der Waals surface area contributed by atoms with Gasteiger partial charge in [-0.25, -0.2) is 13.4 Å². The summed E-state index contributed by atoms with van der Waals surface area (Å²) >= 11 is 0. The lowest BCUT2D eigenvalue weighted by molar-refractivity contribution is -0.0461. The van der Waals surface area contributed by atoms with E-state index in [4.69, 9.17) is 20.2 Å². The molecule has 2 aliphatic heterocycles. The van der Waals surface area contributed by atoms with E-state index in [0.717, 1.165) is 16.6 Å². The molecule has 2 aliphatic rings. The molecule has 0 spiro atoms. The van der Waals surface area contributed by atoms with E-state index in [-0.39, 0.29) is 11.3 Å². The molecule has 9 heteroatoms. The Kier molecular flexibility index (Phi) is 5.19.